The maximum atomic E-state index is 11.8. The van der Waals surface area contributed by atoms with E-state index in [0.717, 1.165) is 32.5 Å². The van der Waals surface area contributed by atoms with Gasteiger partial charge in [0.15, 0.2) is 0 Å². The van der Waals surface area contributed by atoms with E-state index in [9.17, 15) is 9.59 Å². The van der Waals surface area contributed by atoms with Crippen LogP contribution in [0.15, 0.2) is 23.1 Å². The first-order chi connectivity index (χ1) is 8.68. The Morgan fingerprint density at radius 2 is 2.39 bits per heavy atom. The third-order valence-electron chi connectivity index (χ3n) is 3.28. The first kappa shape index (κ1) is 12.8. The molecule has 18 heavy (non-hydrogen) atoms. The summed E-state index contributed by atoms with van der Waals surface area (Å²) in [5, 5.41) is 8.87. The van der Waals surface area contributed by atoms with Crippen molar-refractivity contribution in [3.63, 3.8) is 0 Å². The van der Waals surface area contributed by atoms with Gasteiger partial charge in [-0.25, -0.2) is 4.79 Å². The minimum Gasteiger partial charge on any atom is -0.477 e. The first-order valence-corrected chi connectivity index (χ1v) is 6.19. The van der Waals surface area contributed by atoms with Crippen LogP contribution in [0, 0.1) is 5.92 Å². The van der Waals surface area contributed by atoms with Gasteiger partial charge in [0.2, 0.25) is 0 Å². The predicted octanol–water partition coefficient (Wildman–Crippen LogP) is 1.36. The monoisotopic (exact) mass is 251 g/mol. The summed E-state index contributed by atoms with van der Waals surface area (Å²) in [6, 6.07) is 2.94. The number of aromatic carboxylic acids is 1. The number of carboxylic acids is 1. The summed E-state index contributed by atoms with van der Waals surface area (Å²) in [5.41, 5.74) is -0.598. The molecule has 1 unspecified atom stereocenters. The highest BCUT2D eigenvalue weighted by Gasteiger charge is 2.15. The lowest BCUT2D eigenvalue weighted by atomic mass is 9.99. The van der Waals surface area contributed by atoms with E-state index in [0.29, 0.717) is 12.5 Å². The molecule has 0 bridgehead atoms. The van der Waals surface area contributed by atoms with Crippen molar-refractivity contribution < 1.29 is 14.6 Å². The molecule has 0 saturated carbocycles. The van der Waals surface area contributed by atoms with Crippen molar-refractivity contribution in [3.05, 3.63) is 34.2 Å². The first-order valence-electron chi connectivity index (χ1n) is 6.19. The Hall–Kier alpha value is -1.62. The lowest BCUT2D eigenvalue weighted by Gasteiger charge is -2.22. The van der Waals surface area contributed by atoms with E-state index in [4.69, 9.17) is 9.84 Å². The number of ether oxygens (including phenoxy) is 1. The number of aromatic nitrogens is 1. The summed E-state index contributed by atoms with van der Waals surface area (Å²) in [4.78, 5) is 22.7. The summed E-state index contributed by atoms with van der Waals surface area (Å²) < 4.78 is 6.85. The number of hydrogen-bond donors (Lipinski definition) is 1. The molecule has 1 atom stereocenters. The molecule has 1 N–H and O–H groups in total. The molecule has 1 aliphatic rings. The van der Waals surface area contributed by atoms with Crippen LogP contribution in [0.2, 0.25) is 0 Å². The molecule has 5 heteroatoms. The minimum atomic E-state index is -1.17. The zero-order chi connectivity index (χ0) is 13.0. The van der Waals surface area contributed by atoms with Crippen LogP contribution in [0.5, 0.6) is 0 Å². The van der Waals surface area contributed by atoms with E-state index >= 15 is 0 Å². The van der Waals surface area contributed by atoms with Gasteiger partial charge >= 0.3 is 5.97 Å². The molecular formula is C13H17NO4. The molecule has 1 aliphatic heterocycles. The lowest BCUT2D eigenvalue weighted by molar-refractivity contribution is 0.0499. The van der Waals surface area contributed by atoms with Gasteiger partial charge in [0.25, 0.3) is 5.56 Å². The quantitative estimate of drug-likeness (QED) is 0.877. The van der Waals surface area contributed by atoms with Gasteiger partial charge in [-0.1, -0.05) is 0 Å². The molecule has 1 aromatic rings. The fourth-order valence-corrected chi connectivity index (χ4v) is 2.23. The van der Waals surface area contributed by atoms with E-state index in [-0.39, 0.29) is 5.56 Å². The number of carboxylic acid groups (broad SMARTS) is 1. The second kappa shape index (κ2) is 5.82. The van der Waals surface area contributed by atoms with Gasteiger partial charge in [-0.15, -0.1) is 0 Å². The molecule has 0 aliphatic carbocycles. The van der Waals surface area contributed by atoms with Crippen LogP contribution < -0.4 is 5.56 Å². The van der Waals surface area contributed by atoms with E-state index in [1.165, 1.54) is 10.6 Å². The van der Waals surface area contributed by atoms with Gasteiger partial charge in [-0.3, -0.25) is 4.79 Å². The standard InChI is InChI=1S/C13H17NO4/c15-12-11(13(16)17)4-1-6-14(12)7-5-10-3-2-8-18-9-10/h1,4,6,10H,2-3,5,7-9H2,(H,16,17). The van der Waals surface area contributed by atoms with Gasteiger partial charge in [-0.2, -0.15) is 0 Å². The Labute approximate surface area is 105 Å². The number of pyridine rings is 1. The van der Waals surface area contributed by atoms with E-state index < -0.39 is 11.5 Å². The zero-order valence-electron chi connectivity index (χ0n) is 10.2. The second-order valence-electron chi connectivity index (χ2n) is 4.60. The average Bonchev–Trinajstić information content (AvgIpc) is 2.38. The summed E-state index contributed by atoms with van der Waals surface area (Å²) >= 11 is 0. The molecule has 0 aromatic carbocycles. The lowest BCUT2D eigenvalue weighted by Crippen LogP contribution is -2.27. The normalized spacial score (nSPS) is 19.7. The van der Waals surface area contributed by atoms with E-state index in [1.807, 2.05) is 0 Å². The molecule has 1 fully saturated rings. The van der Waals surface area contributed by atoms with E-state index in [1.54, 1.807) is 12.3 Å². The molecule has 2 rings (SSSR count). The fraction of sp³-hybridized carbons (Fsp3) is 0.538. The van der Waals surface area contributed by atoms with Crippen molar-refractivity contribution in [2.45, 2.75) is 25.8 Å². The van der Waals surface area contributed by atoms with Gasteiger partial charge in [0.05, 0.1) is 0 Å². The predicted molar refractivity (Wildman–Crippen MR) is 65.8 cm³/mol. The Morgan fingerprint density at radius 1 is 1.56 bits per heavy atom. The van der Waals surface area contributed by atoms with Crippen LogP contribution >= 0.6 is 0 Å². The van der Waals surface area contributed by atoms with Crippen LogP contribution in [-0.4, -0.2) is 28.9 Å². The van der Waals surface area contributed by atoms with Crippen molar-refractivity contribution in [1.82, 2.24) is 4.57 Å². The fourth-order valence-electron chi connectivity index (χ4n) is 2.23. The van der Waals surface area contributed by atoms with Crippen molar-refractivity contribution in [2.24, 2.45) is 5.92 Å². The summed E-state index contributed by atoms with van der Waals surface area (Å²) in [7, 11) is 0. The van der Waals surface area contributed by atoms with Crippen LogP contribution in [0.1, 0.15) is 29.6 Å². The number of rotatable bonds is 4. The van der Waals surface area contributed by atoms with Gasteiger partial charge in [-0.05, 0) is 37.3 Å². The Balaban J connectivity index is 2.03. The van der Waals surface area contributed by atoms with E-state index in [2.05, 4.69) is 0 Å². The van der Waals surface area contributed by atoms with Crippen molar-refractivity contribution in [2.75, 3.05) is 13.2 Å². The second-order valence-corrected chi connectivity index (χ2v) is 4.60. The summed E-state index contributed by atoms with van der Waals surface area (Å²) in [6.07, 6.45) is 4.67. The molecule has 0 amide bonds. The largest absolute Gasteiger partial charge is 0.477 e. The maximum Gasteiger partial charge on any atom is 0.341 e. The number of carbonyl (C=O) groups is 1. The van der Waals surface area contributed by atoms with Gasteiger partial charge in [0.1, 0.15) is 5.56 Å². The smallest absolute Gasteiger partial charge is 0.341 e. The van der Waals surface area contributed by atoms with Gasteiger partial charge in [0, 0.05) is 26.0 Å². The molecule has 5 nitrogen and oxygen atoms in total. The molecule has 1 aromatic heterocycles. The van der Waals surface area contributed by atoms with Crippen LogP contribution in [0.25, 0.3) is 0 Å². The third-order valence-corrected chi connectivity index (χ3v) is 3.28. The Morgan fingerprint density at radius 3 is 3.06 bits per heavy atom. The highest BCUT2D eigenvalue weighted by Crippen LogP contribution is 2.17. The number of hydrogen-bond acceptors (Lipinski definition) is 3. The topological polar surface area (TPSA) is 68.5 Å². The molecule has 2 heterocycles. The Bertz CT molecular complexity index is 474. The summed E-state index contributed by atoms with van der Waals surface area (Å²) in [6.45, 7) is 2.12. The third kappa shape index (κ3) is 2.98. The molecule has 0 radical (unpaired) electrons. The van der Waals surface area contributed by atoms with Crippen molar-refractivity contribution >= 4 is 5.97 Å². The molecule has 98 valence electrons. The average molecular weight is 251 g/mol. The molecule has 0 spiro atoms. The number of aryl methyl sites for hydroxylation is 1. The highest BCUT2D eigenvalue weighted by molar-refractivity contribution is 5.86. The SMILES string of the molecule is O=C(O)c1cccn(CCC2CCCOC2)c1=O. The van der Waals surface area contributed by atoms with Crippen LogP contribution in [0.4, 0.5) is 0 Å². The number of nitrogens with zero attached hydrogens (tertiary/aromatic N) is 1. The highest BCUT2D eigenvalue weighted by atomic mass is 16.5. The van der Waals surface area contributed by atoms with Crippen molar-refractivity contribution in [3.8, 4) is 0 Å². The summed E-state index contributed by atoms with van der Waals surface area (Å²) in [5.74, 6) is -0.700. The zero-order valence-corrected chi connectivity index (χ0v) is 10.2. The molecular weight excluding hydrogens is 234 g/mol. The van der Waals surface area contributed by atoms with Crippen LogP contribution in [0.3, 0.4) is 0 Å². The molecule has 1 saturated heterocycles. The minimum absolute atomic E-state index is 0.169. The van der Waals surface area contributed by atoms with Crippen molar-refractivity contribution in [1.29, 1.82) is 0 Å². The Kier molecular flexibility index (Phi) is 4.15. The van der Waals surface area contributed by atoms with Gasteiger partial charge < -0.3 is 14.4 Å². The van der Waals surface area contributed by atoms with Crippen LogP contribution in [-0.2, 0) is 11.3 Å². The maximum absolute atomic E-state index is 11.8.